The maximum Gasteiger partial charge on any atom is 0.171 e. The largest absolute Gasteiger partial charge is 0.299 e. The van der Waals surface area contributed by atoms with Crippen LogP contribution in [0.2, 0.25) is 0 Å². The van der Waals surface area contributed by atoms with Crippen molar-refractivity contribution in [2.45, 2.75) is 19.1 Å². The van der Waals surface area contributed by atoms with E-state index < -0.39 is 15.1 Å². The highest BCUT2D eigenvalue weighted by molar-refractivity contribution is 7.92. The molecule has 1 unspecified atom stereocenters. The number of Topliss-reactive ketones (excluding diaryl/α,β-unsaturated/α-hetero) is 1. The van der Waals surface area contributed by atoms with Crippen LogP contribution in [0.15, 0.2) is 0 Å². The van der Waals surface area contributed by atoms with Crippen molar-refractivity contribution in [1.82, 2.24) is 0 Å². The Balaban J connectivity index is 4.61. The molecule has 1 atom stereocenters. The van der Waals surface area contributed by atoms with Gasteiger partial charge in [-0.25, -0.2) is 8.42 Å². The third-order valence-electron chi connectivity index (χ3n) is 1.40. The van der Waals surface area contributed by atoms with Crippen molar-refractivity contribution in [3.8, 4) is 12.3 Å². The molecule has 62 valence electrons. The first kappa shape index (κ1) is 10.2. The molecule has 11 heavy (non-hydrogen) atoms. The molecule has 0 aliphatic rings. The molecular weight excluding hydrogens is 164 g/mol. The third-order valence-corrected chi connectivity index (χ3v) is 3.37. The monoisotopic (exact) mass is 174 g/mol. The molecule has 0 N–H and O–H groups in total. The van der Waals surface area contributed by atoms with Crippen molar-refractivity contribution in [2.75, 3.05) is 5.75 Å². The van der Waals surface area contributed by atoms with Gasteiger partial charge in [0.2, 0.25) is 0 Å². The van der Waals surface area contributed by atoms with E-state index in [4.69, 9.17) is 6.42 Å². The van der Waals surface area contributed by atoms with E-state index in [1.54, 1.807) is 0 Å². The number of hydrogen-bond donors (Lipinski definition) is 0. The Bertz CT molecular complexity index is 281. The van der Waals surface area contributed by atoms with Crippen LogP contribution in [0.5, 0.6) is 0 Å². The molecule has 0 aliphatic carbocycles. The fraction of sp³-hybridized carbons (Fsp3) is 0.571. The number of rotatable bonds is 3. The van der Waals surface area contributed by atoms with E-state index in [1.165, 1.54) is 13.8 Å². The smallest absolute Gasteiger partial charge is 0.171 e. The Labute approximate surface area is 66.7 Å². The SMILES string of the molecule is C#CCS(=O)(=O)C(C)C(C)=O. The average Bonchev–Trinajstić information content (AvgIpc) is 1.86. The van der Waals surface area contributed by atoms with E-state index in [-0.39, 0.29) is 11.5 Å². The van der Waals surface area contributed by atoms with Gasteiger partial charge in [-0.15, -0.1) is 6.42 Å². The van der Waals surface area contributed by atoms with E-state index >= 15 is 0 Å². The number of hydrogen-bond acceptors (Lipinski definition) is 3. The minimum Gasteiger partial charge on any atom is -0.299 e. The molecule has 0 aromatic carbocycles. The highest BCUT2D eigenvalue weighted by atomic mass is 32.2. The molecular formula is C7H10O3S. The van der Waals surface area contributed by atoms with Gasteiger partial charge in [0.05, 0.1) is 0 Å². The minimum atomic E-state index is -3.40. The minimum absolute atomic E-state index is 0.367. The molecule has 0 amide bonds. The molecule has 0 aromatic rings. The Morgan fingerprint density at radius 3 is 2.36 bits per heavy atom. The van der Waals surface area contributed by atoms with Crippen LogP contribution < -0.4 is 0 Å². The Morgan fingerprint density at radius 1 is 1.64 bits per heavy atom. The molecule has 0 saturated carbocycles. The van der Waals surface area contributed by atoms with Gasteiger partial charge in [-0.05, 0) is 13.8 Å². The zero-order chi connectivity index (χ0) is 9.07. The van der Waals surface area contributed by atoms with E-state index in [9.17, 15) is 13.2 Å². The van der Waals surface area contributed by atoms with E-state index in [2.05, 4.69) is 0 Å². The summed E-state index contributed by atoms with van der Waals surface area (Å²) in [6, 6.07) is 0. The fourth-order valence-corrected chi connectivity index (χ4v) is 1.48. The second-order valence-electron chi connectivity index (χ2n) is 2.26. The number of terminal acetylenes is 1. The quantitative estimate of drug-likeness (QED) is 0.566. The summed E-state index contributed by atoms with van der Waals surface area (Å²) >= 11 is 0. The topological polar surface area (TPSA) is 51.2 Å². The lowest BCUT2D eigenvalue weighted by Gasteiger charge is -2.05. The molecule has 0 spiro atoms. The molecule has 0 heterocycles. The maximum atomic E-state index is 11.0. The summed E-state index contributed by atoms with van der Waals surface area (Å²) in [5.41, 5.74) is 0. The Hall–Kier alpha value is -0.820. The molecule has 0 saturated heterocycles. The summed E-state index contributed by atoms with van der Waals surface area (Å²) in [5.74, 6) is 1.26. The van der Waals surface area contributed by atoms with Gasteiger partial charge < -0.3 is 0 Å². The van der Waals surface area contributed by atoms with Crippen molar-refractivity contribution in [1.29, 1.82) is 0 Å². The number of carbonyl (C=O) groups is 1. The number of carbonyl (C=O) groups excluding carboxylic acids is 1. The summed E-state index contributed by atoms with van der Waals surface area (Å²) in [5, 5.41) is -0.974. The summed E-state index contributed by atoms with van der Waals surface area (Å²) in [7, 11) is -3.40. The Morgan fingerprint density at radius 2 is 2.09 bits per heavy atom. The van der Waals surface area contributed by atoms with Crippen LogP contribution in [0.3, 0.4) is 0 Å². The molecule has 0 aliphatic heterocycles. The number of ketones is 1. The van der Waals surface area contributed by atoms with E-state index in [0.29, 0.717) is 0 Å². The first-order valence-corrected chi connectivity index (χ1v) is 4.79. The fourth-order valence-electron chi connectivity index (χ4n) is 0.494. The standard InChI is InChI=1S/C7H10O3S/c1-4-5-11(9,10)7(3)6(2)8/h1,7H,5H2,2-3H3. The van der Waals surface area contributed by atoms with Crippen LogP contribution >= 0.6 is 0 Å². The maximum absolute atomic E-state index is 11.0. The van der Waals surface area contributed by atoms with Gasteiger partial charge in [0, 0.05) is 0 Å². The summed E-state index contributed by atoms with van der Waals surface area (Å²) in [4.78, 5) is 10.6. The van der Waals surface area contributed by atoms with Gasteiger partial charge in [0.15, 0.2) is 9.84 Å². The van der Waals surface area contributed by atoms with Crippen LogP contribution in [-0.4, -0.2) is 25.2 Å². The Kier molecular flexibility index (Phi) is 3.27. The van der Waals surface area contributed by atoms with Gasteiger partial charge in [-0.1, -0.05) is 5.92 Å². The lowest BCUT2D eigenvalue weighted by molar-refractivity contribution is -0.116. The summed E-state index contributed by atoms with van der Waals surface area (Å²) in [6.45, 7) is 2.58. The second-order valence-corrected chi connectivity index (χ2v) is 4.59. The first-order valence-electron chi connectivity index (χ1n) is 3.07. The van der Waals surface area contributed by atoms with Crippen LogP contribution in [0.1, 0.15) is 13.8 Å². The molecule has 0 fully saturated rings. The second kappa shape index (κ2) is 3.54. The molecule has 0 bridgehead atoms. The van der Waals surface area contributed by atoms with Crippen LogP contribution in [0.25, 0.3) is 0 Å². The van der Waals surface area contributed by atoms with Crippen molar-refractivity contribution in [2.24, 2.45) is 0 Å². The van der Waals surface area contributed by atoms with Gasteiger partial charge in [0.1, 0.15) is 16.8 Å². The van der Waals surface area contributed by atoms with Crippen molar-refractivity contribution >= 4 is 15.6 Å². The molecule has 0 radical (unpaired) electrons. The lowest BCUT2D eigenvalue weighted by atomic mass is 10.3. The van der Waals surface area contributed by atoms with Gasteiger partial charge in [-0.2, -0.15) is 0 Å². The number of sulfone groups is 1. The van der Waals surface area contributed by atoms with Crippen molar-refractivity contribution in [3.63, 3.8) is 0 Å². The zero-order valence-corrected chi connectivity index (χ0v) is 7.31. The molecule has 4 heteroatoms. The van der Waals surface area contributed by atoms with Crippen LogP contribution in [-0.2, 0) is 14.6 Å². The van der Waals surface area contributed by atoms with Crippen LogP contribution in [0, 0.1) is 12.3 Å². The van der Waals surface area contributed by atoms with Gasteiger partial charge in [-0.3, -0.25) is 4.79 Å². The van der Waals surface area contributed by atoms with E-state index in [0.717, 1.165) is 0 Å². The highest BCUT2D eigenvalue weighted by Gasteiger charge is 2.23. The molecule has 0 rings (SSSR count). The zero-order valence-electron chi connectivity index (χ0n) is 6.49. The summed E-state index contributed by atoms with van der Waals surface area (Å²) < 4.78 is 22.0. The van der Waals surface area contributed by atoms with Crippen molar-refractivity contribution < 1.29 is 13.2 Å². The normalized spacial score (nSPS) is 13.5. The van der Waals surface area contributed by atoms with Gasteiger partial charge >= 0.3 is 0 Å². The highest BCUT2D eigenvalue weighted by Crippen LogP contribution is 2.01. The van der Waals surface area contributed by atoms with Crippen molar-refractivity contribution in [3.05, 3.63) is 0 Å². The lowest BCUT2D eigenvalue weighted by Crippen LogP contribution is -2.26. The van der Waals surface area contributed by atoms with Crippen LogP contribution in [0.4, 0.5) is 0 Å². The average molecular weight is 174 g/mol. The van der Waals surface area contributed by atoms with E-state index in [1.807, 2.05) is 5.92 Å². The first-order chi connectivity index (χ1) is 4.91. The predicted octanol–water partition coefficient (Wildman–Crippen LogP) is 0.0119. The molecule has 3 nitrogen and oxygen atoms in total. The predicted molar refractivity (Wildman–Crippen MR) is 42.8 cm³/mol. The third kappa shape index (κ3) is 2.72. The molecule has 0 aromatic heterocycles. The van der Waals surface area contributed by atoms with Gasteiger partial charge in [0.25, 0.3) is 0 Å². The summed E-state index contributed by atoms with van der Waals surface area (Å²) in [6.07, 6.45) is 4.81.